The Labute approximate surface area is 180 Å². The molecular formula is C29H33F. The Bertz CT molecular complexity index is 991. The molecule has 0 unspecified atom stereocenters. The van der Waals surface area contributed by atoms with Crippen molar-refractivity contribution >= 4 is 10.8 Å². The molecule has 1 heteroatoms. The fourth-order valence-electron chi connectivity index (χ4n) is 4.91. The summed E-state index contributed by atoms with van der Waals surface area (Å²) >= 11 is 0. The minimum absolute atomic E-state index is 0.0411. The second kappa shape index (κ2) is 9.60. The smallest absolute Gasteiger partial charge is 0.134 e. The lowest BCUT2D eigenvalue weighted by Gasteiger charge is -2.27. The van der Waals surface area contributed by atoms with Crippen LogP contribution in [0, 0.1) is 11.7 Å². The molecule has 0 atom stereocenters. The first kappa shape index (κ1) is 20.8. The van der Waals surface area contributed by atoms with E-state index >= 15 is 0 Å². The van der Waals surface area contributed by atoms with E-state index < -0.39 is 0 Å². The topological polar surface area (TPSA) is 0 Å². The number of fused-ring (bicyclic) bond motifs is 1. The summed E-state index contributed by atoms with van der Waals surface area (Å²) in [6.45, 7) is 6.13. The SMILES string of the molecule is C=CC1CCC(c2ccc(-c3ccc4c(F)c(CCCCC)ccc4c3)cc2)CC1. The molecule has 0 bridgehead atoms. The zero-order valence-electron chi connectivity index (χ0n) is 18.2. The Balaban J connectivity index is 1.51. The van der Waals surface area contributed by atoms with Crippen LogP contribution >= 0.6 is 0 Å². The van der Waals surface area contributed by atoms with Gasteiger partial charge in [-0.15, -0.1) is 6.58 Å². The van der Waals surface area contributed by atoms with Gasteiger partial charge in [0.2, 0.25) is 0 Å². The number of unbranched alkanes of at least 4 members (excludes halogenated alkanes) is 2. The number of allylic oxidation sites excluding steroid dienone is 1. The van der Waals surface area contributed by atoms with Crippen molar-refractivity contribution in [2.45, 2.75) is 64.2 Å². The van der Waals surface area contributed by atoms with Gasteiger partial charge in [0.15, 0.2) is 0 Å². The predicted octanol–water partition coefficient (Wildman–Crippen LogP) is 8.84. The zero-order chi connectivity index (χ0) is 20.9. The van der Waals surface area contributed by atoms with E-state index in [1.54, 1.807) is 0 Å². The van der Waals surface area contributed by atoms with E-state index in [-0.39, 0.29) is 5.82 Å². The molecule has 1 aliphatic carbocycles. The van der Waals surface area contributed by atoms with Crippen LogP contribution in [0.25, 0.3) is 21.9 Å². The van der Waals surface area contributed by atoms with Crippen LogP contribution in [-0.4, -0.2) is 0 Å². The lowest BCUT2D eigenvalue weighted by atomic mass is 9.78. The van der Waals surface area contributed by atoms with Gasteiger partial charge in [0, 0.05) is 5.39 Å². The summed E-state index contributed by atoms with van der Waals surface area (Å²) in [6.07, 6.45) is 11.3. The first-order chi connectivity index (χ1) is 14.7. The lowest BCUT2D eigenvalue weighted by molar-refractivity contribution is 0.376. The van der Waals surface area contributed by atoms with Crippen LogP contribution in [0.4, 0.5) is 4.39 Å². The second-order valence-electron chi connectivity index (χ2n) is 8.90. The molecule has 0 heterocycles. The maximum atomic E-state index is 14.9. The molecule has 1 fully saturated rings. The van der Waals surface area contributed by atoms with Crippen molar-refractivity contribution in [3.8, 4) is 11.1 Å². The minimum Gasteiger partial charge on any atom is -0.206 e. The number of halogens is 1. The van der Waals surface area contributed by atoms with Crippen molar-refractivity contribution in [1.82, 2.24) is 0 Å². The average molecular weight is 401 g/mol. The first-order valence-corrected chi connectivity index (χ1v) is 11.6. The van der Waals surface area contributed by atoms with Gasteiger partial charge >= 0.3 is 0 Å². The summed E-state index contributed by atoms with van der Waals surface area (Å²) in [5, 5.41) is 1.72. The molecule has 0 saturated heterocycles. The van der Waals surface area contributed by atoms with Gasteiger partial charge in [-0.3, -0.25) is 0 Å². The van der Waals surface area contributed by atoms with Crippen molar-refractivity contribution in [3.63, 3.8) is 0 Å². The van der Waals surface area contributed by atoms with E-state index in [9.17, 15) is 4.39 Å². The molecule has 0 aliphatic heterocycles. The van der Waals surface area contributed by atoms with Crippen molar-refractivity contribution in [3.05, 3.63) is 84.2 Å². The summed E-state index contributed by atoms with van der Waals surface area (Å²) in [5.41, 5.74) is 4.65. The Kier molecular flexibility index (Phi) is 6.67. The number of hydrogen-bond acceptors (Lipinski definition) is 0. The number of aryl methyl sites for hydroxylation is 1. The molecule has 0 amide bonds. The maximum Gasteiger partial charge on any atom is 0.134 e. The average Bonchev–Trinajstić information content (AvgIpc) is 2.81. The molecule has 4 rings (SSSR count). The normalized spacial score (nSPS) is 19.1. The van der Waals surface area contributed by atoms with Gasteiger partial charge in [-0.25, -0.2) is 4.39 Å². The highest BCUT2D eigenvalue weighted by atomic mass is 19.1. The Morgan fingerprint density at radius 2 is 1.63 bits per heavy atom. The molecule has 30 heavy (non-hydrogen) atoms. The lowest BCUT2D eigenvalue weighted by Crippen LogP contribution is -2.11. The number of benzene rings is 3. The molecule has 0 radical (unpaired) electrons. The van der Waals surface area contributed by atoms with E-state index in [2.05, 4.69) is 62.0 Å². The molecule has 3 aromatic rings. The van der Waals surface area contributed by atoms with Gasteiger partial charge in [-0.2, -0.15) is 0 Å². The molecule has 1 aliphatic rings. The van der Waals surface area contributed by atoms with Crippen LogP contribution in [0.2, 0.25) is 0 Å². The van der Waals surface area contributed by atoms with E-state index in [0.717, 1.165) is 47.6 Å². The molecular weight excluding hydrogens is 367 g/mol. The molecule has 0 spiro atoms. The van der Waals surface area contributed by atoms with Crippen molar-refractivity contribution in [1.29, 1.82) is 0 Å². The largest absolute Gasteiger partial charge is 0.206 e. The molecule has 0 aromatic heterocycles. The second-order valence-corrected chi connectivity index (χ2v) is 8.90. The summed E-state index contributed by atoms with van der Waals surface area (Å²) < 4.78 is 14.9. The van der Waals surface area contributed by atoms with Crippen LogP contribution in [0.1, 0.15) is 68.9 Å². The fourth-order valence-corrected chi connectivity index (χ4v) is 4.91. The van der Waals surface area contributed by atoms with Crippen molar-refractivity contribution < 1.29 is 4.39 Å². The third kappa shape index (κ3) is 4.51. The molecule has 0 nitrogen and oxygen atoms in total. The highest BCUT2D eigenvalue weighted by Gasteiger charge is 2.20. The summed E-state index contributed by atoms with van der Waals surface area (Å²) in [4.78, 5) is 0. The Morgan fingerprint density at radius 1 is 0.900 bits per heavy atom. The standard InChI is InChI=1S/C29H33F/c1-3-5-6-7-25-16-17-27-20-26(18-19-28(27)29(25)30)24-14-12-23(13-15-24)22-10-8-21(4-2)9-11-22/h4,12-22H,2-3,5-11H2,1H3. The van der Waals surface area contributed by atoms with Crippen LogP contribution in [0.3, 0.4) is 0 Å². The monoisotopic (exact) mass is 400 g/mol. The summed E-state index contributed by atoms with van der Waals surface area (Å²) in [6, 6.07) is 19.2. The maximum absolute atomic E-state index is 14.9. The van der Waals surface area contributed by atoms with Crippen molar-refractivity contribution in [2.24, 2.45) is 5.92 Å². The van der Waals surface area contributed by atoms with Gasteiger partial charge in [0.25, 0.3) is 0 Å². The van der Waals surface area contributed by atoms with Gasteiger partial charge in [-0.05, 0) is 84.1 Å². The summed E-state index contributed by atoms with van der Waals surface area (Å²) in [7, 11) is 0. The van der Waals surface area contributed by atoms with E-state index in [1.807, 2.05) is 12.1 Å². The number of rotatable bonds is 7. The number of hydrogen-bond donors (Lipinski definition) is 0. The van der Waals surface area contributed by atoms with Crippen LogP contribution < -0.4 is 0 Å². The van der Waals surface area contributed by atoms with Gasteiger partial charge in [0.05, 0.1) is 0 Å². The fraction of sp³-hybridized carbons (Fsp3) is 0.379. The third-order valence-electron chi connectivity index (χ3n) is 6.90. The van der Waals surface area contributed by atoms with E-state index in [0.29, 0.717) is 11.8 Å². The Morgan fingerprint density at radius 3 is 2.33 bits per heavy atom. The van der Waals surface area contributed by atoms with Crippen molar-refractivity contribution in [2.75, 3.05) is 0 Å². The zero-order valence-corrected chi connectivity index (χ0v) is 18.2. The Hall–Kier alpha value is -2.41. The van der Waals surface area contributed by atoms with E-state index in [4.69, 9.17) is 0 Å². The molecule has 0 N–H and O–H groups in total. The molecule has 156 valence electrons. The van der Waals surface area contributed by atoms with Gasteiger partial charge in [-0.1, -0.05) is 74.4 Å². The highest BCUT2D eigenvalue weighted by Crippen LogP contribution is 2.37. The summed E-state index contributed by atoms with van der Waals surface area (Å²) in [5.74, 6) is 1.33. The van der Waals surface area contributed by atoms with Crippen LogP contribution in [-0.2, 0) is 6.42 Å². The van der Waals surface area contributed by atoms with Crippen LogP contribution in [0.5, 0.6) is 0 Å². The highest BCUT2D eigenvalue weighted by molar-refractivity contribution is 5.88. The molecule has 1 saturated carbocycles. The third-order valence-corrected chi connectivity index (χ3v) is 6.90. The predicted molar refractivity (Wildman–Crippen MR) is 127 cm³/mol. The van der Waals surface area contributed by atoms with Crippen LogP contribution in [0.15, 0.2) is 67.3 Å². The minimum atomic E-state index is -0.0411. The van der Waals surface area contributed by atoms with Gasteiger partial charge < -0.3 is 0 Å². The first-order valence-electron chi connectivity index (χ1n) is 11.6. The van der Waals surface area contributed by atoms with E-state index in [1.165, 1.54) is 36.8 Å². The molecule has 3 aromatic carbocycles. The quantitative estimate of drug-likeness (QED) is 0.274. The van der Waals surface area contributed by atoms with Gasteiger partial charge in [0.1, 0.15) is 5.82 Å².